The third-order valence-corrected chi connectivity index (χ3v) is 3.52. The second kappa shape index (κ2) is 7.57. The third-order valence-electron chi connectivity index (χ3n) is 3.52. The number of hydrogen-bond donors (Lipinski definition) is 0. The van der Waals surface area contributed by atoms with Crippen molar-refractivity contribution in [2.75, 3.05) is 6.61 Å². The lowest BCUT2D eigenvalue weighted by atomic mass is 9.97. The van der Waals surface area contributed by atoms with Crippen LogP contribution in [0.5, 0.6) is 0 Å². The van der Waals surface area contributed by atoms with E-state index in [0.29, 0.717) is 0 Å². The third kappa shape index (κ3) is 4.89. The summed E-state index contributed by atoms with van der Waals surface area (Å²) in [6, 6.07) is 9.35. The van der Waals surface area contributed by atoms with Gasteiger partial charge in [-0.3, -0.25) is 14.4 Å². The fourth-order valence-electron chi connectivity index (χ4n) is 2.18. The van der Waals surface area contributed by atoms with Gasteiger partial charge in [-0.25, -0.2) is 0 Å². The summed E-state index contributed by atoms with van der Waals surface area (Å²) in [4.78, 5) is 35.5. The zero-order chi connectivity index (χ0) is 17.7. The van der Waals surface area contributed by atoms with Crippen LogP contribution in [0.4, 0.5) is 0 Å². The molecule has 6 nitrogen and oxygen atoms in total. The van der Waals surface area contributed by atoms with Crippen LogP contribution in [0.2, 0.25) is 0 Å². The standard InChI is InChI=1S/C18H22O6/c1-18(2,3)17(21)23-11-14-16(13(19)9-15(20)24-14)22-10-12-7-5-4-6-8-12/h4-8,14,16H,9-11H2,1-3H3/t14-,16-/m1/s1. The number of carbonyl (C=O) groups is 3. The molecule has 1 saturated heterocycles. The average molecular weight is 334 g/mol. The SMILES string of the molecule is CC(C)(C)C(=O)OC[C@H]1OC(=O)CC(=O)[C@H]1OCc1ccccc1. The number of rotatable bonds is 5. The minimum atomic E-state index is -0.935. The molecule has 6 heteroatoms. The molecule has 0 aromatic heterocycles. The minimum absolute atomic E-state index is 0.201. The zero-order valence-corrected chi connectivity index (χ0v) is 14.1. The van der Waals surface area contributed by atoms with E-state index >= 15 is 0 Å². The molecular formula is C18H22O6. The molecule has 0 spiro atoms. The Labute approximate surface area is 141 Å². The van der Waals surface area contributed by atoms with Gasteiger partial charge in [0.25, 0.3) is 0 Å². The van der Waals surface area contributed by atoms with E-state index in [1.165, 1.54) is 0 Å². The van der Waals surface area contributed by atoms with E-state index in [2.05, 4.69) is 0 Å². The normalized spacial score (nSPS) is 21.3. The smallest absolute Gasteiger partial charge is 0.313 e. The van der Waals surface area contributed by atoms with Crippen molar-refractivity contribution in [3.05, 3.63) is 35.9 Å². The molecule has 2 atom stereocenters. The maximum absolute atomic E-state index is 12.1. The van der Waals surface area contributed by atoms with Gasteiger partial charge < -0.3 is 14.2 Å². The molecule has 0 saturated carbocycles. The van der Waals surface area contributed by atoms with Gasteiger partial charge in [0.05, 0.1) is 12.0 Å². The molecule has 24 heavy (non-hydrogen) atoms. The van der Waals surface area contributed by atoms with Crippen LogP contribution in [0.15, 0.2) is 30.3 Å². The van der Waals surface area contributed by atoms with E-state index < -0.39 is 29.6 Å². The van der Waals surface area contributed by atoms with Crippen molar-refractivity contribution in [3.63, 3.8) is 0 Å². The lowest BCUT2D eigenvalue weighted by molar-refractivity contribution is -0.185. The molecule has 1 aromatic rings. The Kier molecular flexibility index (Phi) is 5.72. The summed E-state index contributed by atoms with van der Waals surface area (Å²) in [6.07, 6.45) is -2.19. The highest BCUT2D eigenvalue weighted by molar-refractivity contribution is 6.00. The van der Waals surface area contributed by atoms with E-state index in [-0.39, 0.29) is 25.4 Å². The first-order valence-corrected chi connectivity index (χ1v) is 7.82. The van der Waals surface area contributed by atoms with E-state index in [1.807, 2.05) is 30.3 Å². The van der Waals surface area contributed by atoms with Gasteiger partial charge in [-0.15, -0.1) is 0 Å². The van der Waals surface area contributed by atoms with Gasteiger partial charge in [0.2, 0.25) is 0 Å². The summed E-state index contributed by atoms with van der Waals surface area (Å²) in [5.74, 6) is -1.42. The Morgan fingerprint density at radius 2 is 1.88 bits per heavy atom. The molecule has 130 valence electrons. The van der Waals surface area contributed by atoms with Gasteiger partial charge in [-0.2, -0.15) is 0 Å². The first-order valence-electron chi connectivity index (χ1n) is 7.82. The lowest BCUT2D eigenvalue weighted by Crippen LogP contribution is -2.48. The summed E-state index contributed by atoms with van der Waals surface area (Å²) in [5, 5.41) is 0. The summed E-state index contributed by atoms with van der Waals surface area (Å²) >= 11 is 0. The van der Waals surface area contributed by atoms with Crippen LogP contribution in [0, 0.1) is 5.41 Å². The number of carbonyl (C=O) groups excluding carboxylic acids is 3. The maximum atomic E-state index is 12.1. The fraction of sp³-hybridized carbons (Fsp3) is 0.500. The monoisotopic (exact) mass is 334 g/mol. The predicted octanol–water partition coefficient (Wildman–Crippen LogP) is 2.05. The number of hydrogen-bond acceptors (Lipinski definition) is 6. The predicted molar refractivity (Wildman–Crippen MR) is 84.9 cm³/mol. The van der Waals surface area contributed by atoms with Gasteiger partial charge in [0, 0.05) is 0 Å². The van der Waals surface area contributed by atoms with Crippen LogP contribution < -0.4 is 0 Å². The van der Waals surface area contributed by atoms with Crippen molar-refractivity contribution in [3.8, 4) is 0 Å². The van der Waals surface area contributed by atoms with E-state index in [1.54, 1.807) is 20.8 Å². The molecule has 0 N–H and O–H groups in total. The van der Waals surface area contributed by atoms with Crippen molar-refractivity contribution in [1.29, 1.82) is 0 Å². The molecule has 1 aromatic carbocycles. The number of ether oxygens (including phenoxy) is 3. The minimum Gasteiger partial charge on any atom is -0.461 e. The van der Waals surface area contributed by atoms with Gasteiger partial charge in [0.15, 0.2) is 18.0 Å². The van der Waals surface area contributed by atoms with E-state index in [0.717, 1.165) is 5.56 Å². The Morgan fingerprint density at radius 1 is 1.21 bits per heavy atom. The second-order valence-electron chi connectivity index (χ2n) is 6.74. The van der Waals surface area contributed by atoms with Crippen molar-refractivity contribution in [2.24, 2.45) is 5.41 Å². The number of ketones is 1. The van der Waals surface area contributed by atoms with E-state index in [9.17, 15) is 14.4 Å². The molecule has 0 aliphatic carbocycles. The number of esters is 2. The Bertz CT molecular complexity index is 602. The van der Waals surface area contributed by atoms with Crippen LogP contribution in [-0.2, 0) is 35.2 Å². The zero-order valence-electron chi connectivity index (χ0n) is 14.1. The summed E-state index contributed by atoms with van der Waals surface area (Å²) < 4.78 is 16.0. The highest BCUT2D eigenvalue weighted by Gasteiger charge is 2.39. The van der Waals surface area contributed by atoms with Crippen molar-refractivity contribution < 1.29 is 28.6 Å². The van der Waals surface area contributed by atoms with Crippen LogP contribution in [-0.4, -0.2) is 36.5 Å². The highest BCUT2D eigenvalue weighted by atomic mass is 16.6. The van der Waals surface area contributed by atoms with Gasteiger partial charge in [-0.1, -0.05) is 30.3 Å². The number of benzene rings is 1. The van der Waals surface area contributed by atoms with Gasteiger partial charge in [0.1, 0.15) is 13.0 Å². The summed E-state index contributed by atoms with van der Waals surface area (Å²) in [5.41, 5.74) is 0.218. The number of Topliss-reactive ketones (excluding diaryl/α,β-unsaturated/α-hetero) is 1. The van der Waals surface area contributed by atoms with E-state index in [4.69, 9.17) is 14.2 Å². The fourth-order valence-corrected chi connectivity index (χ4v) is 2.18. The average Bonchev–Trinajstić information content (AvgIpc) is 2.51. The van der Waals surface area contributed by atoms with Crippen molar-refractivity contribution in [2.45, 2.75) is 46.0 Å². The van der Waals surface area contributed by atoms with Crippen LogP contribution in [0.3, 0.4) is 0 Å². The van der Waals surface area contributed by atoms with Gasteiger partial charge in [-0.05, 0) is 26.3 Å². The molecular weight excluding hydrogens is 312 g/mol. The molecule has 0 amide bonds. The first kappa shape index (κ1) is 18.1. The first-order chi connectivity index (χ1) is 11.3. The summed E-state index contributed by atoms with van der Waals surface area (Å²) in [6.45, 7) is 5.16. The molecule has 0 bridgehead atoms. The van der Waals surface area contributed by atoms with Gasteiger partial charge >= 0.3 is 11.9 Å². The Hall–Kier alpha value is -2.21. The van der Waals surface area contributed by atoms with Crippen LogP contribution in [0.1, 0.15) is 32.8 Å². The maximum Gasteiger partial charge on any atom is 0.313 e. The second-order valence-corrected chi connectivity index (χ2v) is 6.74. The Balaban J connectivity index is 2.00. The topological polar surface area (TPSA) is 78.9 Å². The molecule has 2 rings (SSSR count). The van der Waals surface area contributed by atoms with Crippen molar-refractivity contribution in [1.82, 2.24) is 0 Å². The van der Waals surface area contributed by atoms with Crippen LogP contribution in [0.25, 0.3) is 0 Å². The van der Waals surface area contributed by atoms with Crippen molar-refractivity contribution >= 4 is 17.7 Å². The lowest BCUT2D eigenvalue weighted by Gasteiger charge is -2.30. The molecule has 0 radical (unpaired) electrons. The molecule has 1 aliphatic heterocycles. The molecule has 1 aliphatic rings. The molecule has 1 fully saturated rings. The quantitative estimate of drug-likeness (QED) is 0.606. The van der Waals surface area contributed by atoms with Crippen LogP contribution >= 0.6 is 0 Å². The molecule has 0 unspecified atom stereocenters. The largest absolute Gasteiger partial charge is 0.461 e. The Morgan fingerprint density at radius 3 is 2.50 bits per heavy atom. The summed E-state index contributed by atoms with van der Waals surface area (Å²) in [7, 11) is 0. The highest BCUT2D eigenvalue weighted by Crippen LogP contribution is 2.20. The number of cyclic esters (lactones) is 1. The molecule has 1 heterocycles.